The minimum atomic E-state index is -0.838. The molecule has 1 unspecified atom stereocenters. The van der Waals surface area contributed by atoms with Crippen LogP contribution in [0.2, 0.25) is 0 Å². The highest BCUT2D eigenvalue weighted by molar-refractivity contribution is 5.75. The van der Waals surface area contributed by atoms with Gasteiger partial charge in [-0.3, -0.25) is 4.79 Å². The number of amides is 1. The average molecular weight is 189 g/mol. The first-order chi connectivity index (χ1) is 6.20. The third-order valence-electron chi connectivity index (χ3n) is 1.75. The lowest BCUT2D eigenvalue weighted by Crippen LogP contribution is -2.33. The van der Waals surface area contributed by atoms with Gasteiger partial charge in [-0.25, -0.2) is 0 Å². The maximum absolute atomic E-state index is 11.0. The molecule has 1 amide bonds. The van der Waals surface area contributed by atoms with E-state index in [-0.39, 0.29) is 19.1 Å². The molecule has 0 rings (SSSR count). The topological polar surface area (TPSA) is 69.6 Å². The maximum atomic E-state index is 11.0. The van der Waals surface area contributed by atoms with Gasteiger partial charge < -0.3 is 15.5 Å². The number of aliphatic hydroxyl groups is 2. The fraction of sp³-hybridized carbons (Fsp3) is 0.889. The summed E-state index contributed by atoms with van der Waals surface area (Å²) in [5.41, 5.74) is 0. The Bertz CT molecular complexity index is 139. The van der Waals surface area contributed by atoms with Crippen molar-refractivity contribution in [3.63, 3.8) is 0 Å². The summed E-state index contributed by atoms with van der Waals surface area (Å²) < 4.78 is 0. The van der Waals surface area contributed by atoms with Crippen molar-refractivity contribution in [2.75, 3.05) is 13.2 Å². The van der Waals surface area contributed by atoms with Gasteiger partial charge in [0, 0.05) is 13.0 Å². The Morgan fingerprint density at radius 3 is 2.69 bits per heavy atom. The van der Waals surface area contributed by atoms with E-state index in [0.29, 0.717) is 6.42 Å². The summed E-state index contributed by atoms with van der Waals surface area (Å²) in [6.45, 7) is 1.91. The van der Waals surface area contributed by atoms with Crippen LogP contribution in [-0.4, -0.2) is 35.4 Å². The van der Waals surface area contributed by atoms with Crippen molar-refractivity contribution in [1.82, 2.24) is 5.32 Å². The van der Waals surface area contributed by atoms with Crippen LogP contribution in [0.25, 0.3) is 0 Å². The van der Waals surface area contributed by atoms with Crippen LogP contribution in [0.4, 0.5) is 0 Å². The van der Waals surface area contributed by atoms with E-state index in [4.69, 9.17) is 10.2 Å². The molecule has 4 heteroatoms. The van der Waals surface area contributed by atoms with Gasteiger partial charge in [0.1, 0.15) is 0 Å². The van der Waals surface area contributed by atoms with Crippen molar-refractivity contribution >= 4 is 5.91 Å². The number of carbonyl (C=O) groups excluding carboxylic acids is 1. The molecule has 0 fully saturated rings. The molecule has 0 aromatic rings. The summed E-state index contributed by atoms with van der Waals surface area (Å²) in [5, 5.41) is 19.9. The van der Waals surface area contributed by atoms with Crippen molar-refractivity contribution in [2.45, 2.75) is 38.7 Å². The number of unbranched alkanes of at least 4 members (excludes halogenated alkanes) is 2. The first-order valence-electron chi connectivity index (χ1n) is 4.76. The number of nitrogens with one attached hydrogen (secondary N) is 1. The van der Waals surface area contributed by atoms with Crippen LogP contribution in [0.3, 0.4) is 0 Å². The van der Waals surface area contributed by atoms with Gasteiger partial charge in [0.05, 0.1) is 12.7 Å². The molecule has 0 aromatic carbocycles. The zero-order chi connectivity index (χ0) is 10.1. The van der Waals surface area contributed by atoms with Crippen molar-refractivity contribution in [1.29, 1.82) is 0 Å². The van der Waals surface area contributed by atoms with Crippen LogP contribution in [0, 0.1) is 0 Å². The summed E-state index contributed by atoms with van der Waals surface area (Å²) in [6, 6.07) is 0. The van der Waals surface area contributed by atoms with E-state index < -0.39 is 6.10 Å². The smallest absolute Gasteiger partial charge is 0.220 e. The van der Waals surface area contributed by atoms with Crippen molar-refractivity contribution < 1.29 is 15.0 Å². The van der Waals surface area contributed by atoms with Crippen LogP contribution in [0.1, 0.15) is 32.6 Å². The van der Waals surface area contributed by atoms with Crippen molar-refractivity contribution in [3.8, 4) is 0 Å². The molecule has 78 valence electrons. The summed E-state index contributed by atoms with van der Waals surface area (Å²) in [6.07, 6.45) is 2.70. The molecule has 13 heavy (non-hydrogen) atoms. The van der Waals surface area contributed by atoms with E-state index in [1.807, 2.05) is 0 Å². The minimum Gasteiger partial charge on any atom is -0.394 e. The van der Waals surface area contributed by atoms with Crippen LogP contribution < -0.4 is 5.32 Å². The Kier molecular flexibility index (Phi) is 7.63. The number of carbonyl (C=O) groups is 1. The molecule has 0 saturated carbocycles. The summed E-state index contributed by atoms with van der Waals surface area (Å²) in [5.74, 6) is -0.0547. The van der Waals surface area contributed by atoms with Gasteiger partial charge in [-0.1, -0.05) is 19.8 Å². The number of rotatable bonds is 7. The van der Waals surface area contributed by atoms with Crippen molar-refractivity contribution in [2.24, 2.45) is 0 Å². The molecule has 0 aromatic heterocycles. The molecule has 0 radical (unpaired) electrons. The summed E-state index contributed by atoms with van der Waals surface area (Å²) >= 11 is 0. The third kappa shape index (κ3) is 7.74. The van der Waals surface area contributed by atoms with Crippen LogP contribution in [0.15, 0.2) is 0 Å². The van der Waals surface area contributed by atoms with E-state index in [2.05, 4.69) is 12.2 Å². The van der Waals surface area contributed by atoms with Gasteiger partial charge in [0.2, 0.25) is 5.91 Å². The minimum absolute atomic E-state index is 0.0547. The van der Waals surface area contributed by atoms with E-state index in [9.17, 15) is 4.79 Å². The highest BCUT2D eigenvalue weighted by Crippen LogP contribution is 1.98. The molecular weight excluding hydrogens is 170 g/mol. The predicted octanol–water partition coefficient (Wildman–Crippen LogP) is 0.0361. The van der Waals surface area contributed by atoms with E-state index in [1.165, 1.54) is 0 Å². The standard InChI is InChI=1S/C9H19NO3/c1-2-3-4-5-9(13)10-6-8(12)7-11/h8,11-12H,2-7H2,1H3,(H,10,13). The molecule has 0 spiro atoms. The van der Waals surface area contributed by atoms with Gasteiger partial charge in [0.25, 0.3) is 0 Å². The molecule has 0 aliphatic carbocycles. The molecule has 0 aliphatic heterocycles. The first-order valence-corrected chi connectivity index (χ1v) is 4.76. The number of hydrogen-bond donors (Lipinski definition) is 3. The Labute approximate surface area is 79.0 Å². The first kappa shape index (κ1) is 12.4. The Hall–Kier alpha value is -0.610. The normalized spacial score (nSPS) is 12.5. The predicted molar refractivity (Wildman–Crippen MR) is 50.2 cm³/mol. The fourth-order valence-corrected chi connectivity index (χ4v) is 0.920. The van der Waals surface area contributed by atoms with Gasteiger partial charge >= 0.3 is 0 Å². The van der Waals surface area contributed by atoms with Gasteiger partial charge in [-0.15, -0.1) is 0 Å². The lowest BCUT2D eigenvalue weighted by atomic mass is 10.2. The molecule has 0 aliphatic rings. The zero-order valence-electron chi connectivity index (χ0n) is 8.12. The number of aliphatic hydroxyl groups excluding tert-OH is 2. The fourth-order valence-electron chi connectivity index (χ4n) is 0.920. The second-order valence-corrected chi connectivity index (χ2v) is 3.10. The van der Waals surface area contributed by atoms with Gasteiger partial charge in [-0.05, 0) is 6.42 Å². The Balaban J connectivity index is 3.30. The average Bonchev–Trinajstić information content (AvgIpc) is 2.14. The highest BCUT2D eigenvalue weighted by atomic mass is 16.3. The van der Waals surface area contributed by atoms with Gasteiger partial charge in [0.15, 0.2) is 0 Å². The maximum Gasteiger partial charge on any atom is 0.220 e. The summed E-state index contributed by atoms with van der Waals surface area (Å²) in [7, 11) is 0. The quantitative estimate of drug-likeness (QED) is 0.495. The van der Waals surface area contributed by atoms with Crippen LogP contribution >= 0.6 is 0 Å². The second kappa shape index (κ2) is 8.01. The zero-order valence-corrected chi connectivity index (χ0v) is 8.12. The van der Waals surface area contributed by atoms with Gasteiger partial charge in [-0.2, -0.15) is 0 Å². The number of hydrogen-bond acceptors (Lipinski definition) is 3. The van der Waals surface area contributed by atoms with Crippen LogP contribution in [0.5, 0.6) is 0 Å². The Morgan fingerprint density at radius 1 is 1.46 bits per heavy atom. The SMILES string of the molecule is CCCCCC(=O)NCC(O)CO. The molecule has 0 heterocycles. The third-order valence-corrected chi connectivity index (χ3v) is 1.75. The molecular formula is C9H19NO3. The molecule has 1 atom stereocenters. The van der Waals surface area contributed by atoms with E-state index in [1.54, 1.807) is 0 Å². The molecule has 0 saturated heterocycles. The monoisotopic (exact) mass is 189 g/mol. The molecule has 4 nitrogen and oxygen atoms in total. The second-order valence-electron chi connectivity index (χ2n) is 3.10. The molecule has 0 bridgehead atoms. The van der Waals surface area contributed by atoms with Crippen LogP contribution in [-0.2, 0) is 4.79 Å². The summed E-state index contributed by atoms with van der Waals surface area (Å²) in [4.78, 5) is 11.0. The highest BCUT2D eigenvalue weighted by Gasteiger charge is 2.04. The lowest BCUT2D eigenvalue weighted by molar-refractivity contribution is -0.121. The van der Waals surface area contributed by atoms with Crippen molar-refractivity contribution in [3.05, 3.63) is 0 Å². The largest absolute Gasteiger partial charge is 0.394 e. The Morgan fingerprint density at radius 2 is 2.15 bits per heavy atom. The van der Waals surface area contributed by atoms with E-state index in [0.717, 1.165) is 19.3 Å². The lowest BCUT2D eigenvalue weighted by Gasteiger charge is -2.08. The molecule has 3 N–H and O–H groups in total. The van der Waals surface area contributed by atoms with E-state index >= 15 is 0 Å².